The van der Waals surface area contributed by atoms with Gasteiger partial charge in [-0.15, -0.1) is 0 Å². The van der Waals surface area contributed by atoms with Gasteiger partial charge in [0.1, 0.15) is 29.9 Å². The first-order valence-electron chi connectivity index (χ1n) is 6.49. The van der Waals surface area contributed by atoms with Crippen LogP contribution < -0.4 is 0 Å². The molecule has 20 heavy (non-hydrogen) atoms. The fraction of sp³-hybridized carbons (Fsp3) is 0.429. The fourth-order valence-corrected chi connectivity index (χ4v) is 2.85. The summed E-state index contributed by atoms with van der Waals surface area (Å²) in [6, 6.07) is 3.85. The van der Waals surface area contributed by atoms with Gasteiger partial charge < -0.3 is 4.74 Å². The molecule has 6 heteroatoms. The Hall–Kier alpha value is -1.82. The van der Waals surface area contributed by atoms with Crippen molar-refractivity contribution in [2.75, 3.05) is 0 Å². The Kier molecular flexibility index (Phi) is 3.05. The van der Waals surface area contributed by atoms with Crippen molar-refractivity contribution in [3.05, 3.63) is 48.1 Å². The molecule has 1 aromatic heterocycles. The van der Waals surface area contributed by atoms with Crippen LogP contribution in [0.1, 0.15) is 19.4 Å². The Balaban J connectivity index is 2.07. The van der Waals surface area contributed by atoms with Crippen LogP contribution in [0.5, 0.6) is 0 Å². The minimum Gasteiger partial charge on any atom is -0.364 e. The van der Waals surface area contributed by atoms with E-state index >= 15 is 0 Å². The molecule has 0 N–H and O–H groups in total. The lowest BCUT2D eigenvalue weighted by Crippen LogP contribution is -2.58. The van der Waals surface area contributed by atoms with E-state index in [1.54, 1.807) is 0 Å². The second-order valence-electron chi connectivity index (χ2n) is 5.19. The molecule has 0 amide bonds. The smallest absolute Gasteiger partial charge is 0.137 e. The molecule has 1 aliphatic heterocycles. The number of hydrogen-bond donors (Lipinski definition) is 0. The number of nitrogens with zero attached hydrogens (tertiary/aromatic N) is 3. The van der Waals surface area contributed by atoms with Gasteiger partial charge in [0.15, 0.2) is 0 Å². The lowest BCUT2D eigenvalue weighted by Gasteiger charge is -2.52. The SMILES string of the molecule is CC1OC(Cn2cncn2)(c2c(F)cccc2F)C1C. The van der Waals surface area contributed by atoms with Gasteiger partial charge in [-0.1, -0.05) is 13.0 Å². The lowest BCUT2D eigenvalue weighted by atomic mass is 9.73. The zero-order valence-corrected chi connectivity index (χ0v) is 11.3. The van der Waals surface area contributed by atoms with Crippen molar-refractivity contribution in [2.45, 2.75) is 32.1 Å². The summed E-state index contributed by atoms with van der Waals surface area (Å²) < 4.78 is 35.6. The van der Waals surface area contributed by atoms with Crippen LogP contribution in [0.4, 0.5) is 8.78 Å². The van der Waals surface area contributed by atoms with E-state index in [1.165, 1.54) is 35.5 Å². The highest BCUT2D eigenvalue weighted by molar-refractivity contribution is 5.30. The number of halogens is 2. The van der Waals surface area contributed by atoms with Gasteiger partial charge in [-0.2, -0.15) is 5.10 Å². The lowest BCUT2D eigenvalue weighted by molar-refractivity contribution is -0.266. The van der Waals surface area contributed by atoms with E-state index in [0.717, 1.165) is 0 Å². The molecule has 1 aromatic carbocycles. The second-order valence-corrected chi connectivity index (χ2v) is 5.19. The quantitative estimate of drug-likeness (QED) is 0.866. The summed E-state index contributed by atoms with van der Waals surface area (Å²) in [6.07, 6.45) is 2.84. The molecule has 106 valence electrons. The molecule has 1 aliphatic rings. The molecule has 0 aliphatic carbocycles. The Morgan fingerprint density at radius 2 is 2.00 bits per heavy atom. The molecule has 1 fully saturated rings. The monoisotopic (exact) mass is 279 g/mol. The second kappa shape index (κ2) is 4.63. The molecule has 2 aromatic rings. The number of rotatable bonds is 3. The maximum absolute atomic E-state index is 14.1. The van der Waals surface area contributed by atoms with E-state index in [9.17, 15) is 8.78 Å². The van der Waals surface area contributed by atoms with Gasteiger partial charge in [0.05, 0.1) is 18.2 Å². The third-order valence-electron chi connectivity index (χ3n) is 4.09. The van der Waals surface area contributed by atoms with E-state index < -0.39 is 17.2 Å². The van der Waals surface area contributed by atoms with Gasteiger partial charge in [0.2, 0.25) is 0 Å². The molecule has 0 radical (unpaired) electrons. The molecule has 0 spiro atoms. The van der Waals surface area contributed by atoms with Gasteiger partial charge in [-0.05, 0) is 19.1 Å². The van der Waals surface area contributed by atoms with Crippen LogP contribution in [0, 0.1) is 17.6 Å². The van der Waals surface area contributed by atoms with Crippen LogP contribution in [-0.2, 0) is 16.9 Å². The van der Waals surface area contributed by atoms with Crippen LogP contribution in [0.3, 0.4) is 0 Å². The van der Waals surface area contributed by atoms with Gasteiger partial charge in [0.25, 0.3) is 0 Å². The highest BCUT2D eigenvalue weighted by Crippen LogP contribution is 2.49. The predicted octanol–water partition coefficient (Wildman–Crippen LogP) is 2.51. The molecule has 3 atom stereocenters. The summed E-state index contributed by atoms with van der Waals surface area (Å²) in [7, 11) is 0. The predicted molar refractivity (Wildman–Crippen MR) is 67.8 cm³/mol. The van der Waals surface area contributed by atoms with E-state index in [1.807, 2.05) is 13.8 Å². The normalized spacial score (nSPS) is 29.2. The molecular formula is C14H15F2N3O. The van der Waals surface area contributed by atoms with Crippen LogP contribution in [0.2, 0.25) is 0 Å². The molecule has 2 heterocycles. The van der Waals surface area contributed by atoms with E-state index in [4.69, 9.17) is 4.74 Å². The summed E-state index contributed by atoms with van der Waals surface area (Å²) >= 11 is 0. The summed E-state index contributed by atoms with van der Waals surface area (Å²) in [5, 5.41) is 4.01. The third kappa shape index (κ3) is 1.83. The minimum absolute atomic E-state index is 0.0268. The maximum atomic E-state index is 14.1. The molecule has 0 bridgehead atoms. The molecule has 4 nitrogen and oxygen atoms in total. The van der Waals surface area contributed by atoms with Crippen LogP contribution in [0.25, 0.3) is 0 Å². The average Bonchev–Trinajstić information content (AvgIpc) is 2.91. The van der Waals surface area contributed by atoms with Crippen LogP contribution >= 0.6 is 0 Å². The van der Waals surface area contributed by atoms with Crippen molar-refractivity contribution in [1.29, 1.82) is 0 Å². The summed E-state index contributed by atoms with van der Waals surface area (Å²) in [6.45, 7) is 4.05. The Morgan fingerprint density at radius 1 is 1.30 bits per heavy atom. The van der Waals surface area contributed by atoms with Gasteiger partial charge in [0, 0.05) is 5.92 Å². The van der Waals surface area contributed by atoms with Crippen molar-refractivity contribution in [2.24, 2.45) is 5.92 Å². The first-order valence-corrected chi connectivity index (χ1v) is 6.49. The van der Waals surface area contributed by atoms with Gasteiger partial charge in [-0.3, -0.25) is 0 Å². The highest BCUT2D eigenvalue weighted by Gasteiger charge is 2.55. The number of benzene rings is 1. The zero-order valence-electron chi connectivity index (χ0n) is 11.3. The van der Waals surface area contributed by atoms with Crippen molar-refractivity contribution >= 4 is 0 Å². The van der Waals surface area contributed by atoms with Gasteiger partial charge in [-0.25, -0.2) is 18.4 Å². The standard InChI is InChI=1S/C14H15F2N3O/c1-9-10(2)20-14(9,6-19-8-17-7-18-19)13-11(15)4-3-5-12(13)16/h3-5,7-10H,6H2,1-2H3. The maximum Gasteiger partial charge on any atom is 0.137 e. The first kappa shape index (κ1) is 13.2. The molecule has 0 saturated carbocycles. The Labute approximate surface area is 115 Å². The fourth-order valence-electron chi connectivity index (χ4n) is 2.85. The van der Waals surface area contributed by atoms with Gasteiger partial charge >= 0.3 is 0 Å². The molecule has 3 unspecified atom stereocenters. The van der Waals surface area contributed by atoms with E-state index in [-0.39, 0.29) is 24.1 Å². The number of ether oxygens (including phenoxy) is 1. The highest BCUT2D eigenvalue weighted by atomic mass is 19.1. The van der Waals surface area contributed by atoms with Crippen molar-refractivity contribution in [3.63, 3.8) is 0 Å². The summed E-state index contributed by atoms with van der Waals surface area (Å²) in [5.74, 6) is -1.22. The molecule has 3 rings (SSSR count). The topological polar surface area (TPSA) is 39.9 Å². The number of hydrogen-bond acceptors (Lipinski definition) is 3. The zero-order chi connectivity index (χ0) is 14.3. The first-order chi connectivity index (χ1) is 9.54. The van der Waals surface area contributed by atoms with Crippen LogP contribution in [0.15, 0.2) is 30.9 Å². The largest absolute Gasteiger partial charge is 0.364 e. The summed E-state index contributed by atoms with van der Waals surface area (Å²) in [4.78, 5) is 3.86. The van der Waals surface area contributed by atoms with E-state index in [2.05, 4.69) is 10.1 Å². The van der Waals surface area contributed by atoms with E-state index in [0.29, 0.717) is 0 Å². The summed E-state index contributed by atoms with van der Waals surface area (Å²) in [5.41, 5.74) is -1.07. The number of aromatic nitrogens is 3. The van der Waals surface area contributed by atoms with Crippen LogP contribution in [-0.4, -0.2) is 20.9 Å². The van der Waals surface area contributed by atoms with Crippen molar-refractivity contribution in [3.8, 4) is 0 Å². The minimum atomic E-state index is -1.04. The van der Waals surface area contributed by atoms with Crippen molar-refractivity contribution in [1.82, 2.24) is 14.8 Å². The Bertz CT molecular complexity index is 597. The third-order valence-corrected chi connectivity index (χ3v) is 4.09. The average molecular weight is 279 g/mol. The van der Waals surface area contributed by atoms with Crippen molar-refractivity contribution < 1.29 is 13.5 Å². The molecular weight excluding hydrogens is 264 g/mol. The molecule has 1 saturated heterocycles. The Morgan fingerprint density at radius 3 is 2.50 bits per heavy atom.